The summed E-state index contributed by atoms with van der Waals surface area (Å²) in [7, 11) is 0. The Morgan fingerprint density at radius 3 is 2.81 bits per heavy atom. The van der Waals surface area contributed by atoms with E-state index in [9.17, 15) is 14.5 Å². The second kappa shape index (κ2) is 3.90. The van der Waals surface area contributed by atoms with Gasteiger partial charge in [0.1, 0.15) is 11.5 Å². The summed E-state index contributed by atoms with van der Waals surface area (Å²) >= 11 is 5.49. The minimum atomic E-state index is -0.712. The number of halogens is 2. The van der Waals surface area contributed by atoms with E-state index in [2.05, 4.69) is 4.98 Å². The molecule has 0 saturated carbocycles. The second-order valence-electron chi connectivity index (χ2n) is 2.98. The zero-order chi connectivity index (χ0) is 11.7. The van der Waals surface area contributed by atoms with Crippen molar-refractivity contribution < 1.29 is 9.31 Å². The molecule has 0 amide bonds. The van der Waals surface area contributed by atoms with Gasteiger partial charge in [0, 0.05) is 24.5 Å². The lowest BCUT2D eigenvalue weighted by Crippen LogP contribution is -1.99. The summed E-state index contributed by atoms with van der Waals surface area (Å²) in [4.78, 5) is 13.9. The van der Waals surface area contributed by atoms with Crippen LogP contribution in [0.1, 0.15) is 0 Å². The molecule has 0 atom stereocenters. The van der Waals surface area contributed by atoms with Gasteiger partial charge in [-0.3, -0.25) is 10.1 Å². The Bertz CT molecular complexity index is 542. The van der Waals surface area contributed by atoms with Gasteiger partial charge in [-0.25, -0.2) is 9.37 Å². The Labute approximate surface area is 94.2 Å². The van der Waals surface area contributed by atoms with E-state index in [4.69, 9.17) is 11.6 Å². The lowest BCUT2D eigenvalue weighted by Gasteiger charge is -2.04. The summed E-state index contributed by atoms with van der Waals surface area (Å²) in [5.41, 5.74) is -0.186. The van der Waals surface area contributed by atoms with Crippen molar-refractivity contribution in [2.75, 3.05) is 0 Å². The van der Waals surface area contributed by atoms with Gasteiger partial charge in [-0.15, -0.1) is 0 Å². The molecule has 0 fully saturated rings. The fourth-order valence-corrected chi connectivity index (χ4v) is 1.44. The SMILES string of the molecule is O=[N+]([O-])c1cc(Cl)c(F)cc1-n1ccnc1. The smallest absolute Gasteiger partial charge is 0.294 e. The molecule has 2 aromatic rings. The highest BCUT2D eigenvalue weighted by atomic mass is 35.5. The average molecular weight is 242 g/mol. The summed E-state index contributed by atoms with van der Waals surface area (Å²) in [6, 6.07) is 1.98. The van der Waals surface area contributed by atoms with Crippen molar-refractivity contribution in [3.8, 4) is 5.69 Å². The molecule has 0 spiro atoms. The summed E-state index contributed by atoms with van der Waals surface area (Å²) in [5, 5.41) is 10.5. The highest BCUT2D eigenvalue weighted by molar-refractivity contribution is 6.31. The minimum absolute atomic E-state index is 0.0874. The molecule has 0 aliphatic heterocycles. The number of hydrogen-bond acceptors (Lipinski definition) is 3. The van der Waals surface area contributed by atoms with Crippen molar-refractivity contribution in [2.45, 2.75) is 0 Å². The Hall–Kier alpha value is -1.95. The number of benzene rings is 1. The van der Waals surface area contributed by atoms with Gasteiger partial charge in [0.2, 0.25) is 0 Å². The molecule has 0 bridgehead atoms. The highest BCUT2D eigenvalue weighted by Crippen LogP contribution is 2.28. The van der Waals surface area contributed by atoms with Crippen LogP contribution in [-0.2, 0) is 0 Å². The van der Waals surface area contributed by atoms with Crippen LogP contribution < -0.4 is 0 Å². The number of nitro groups is 1. The Morgan fingerprint density at radius 1 is 1.50 bits per heavy atom. The van der Waals surface area contributed by atoms with E-state index in [-0.39, 0.29) is 16.4 Å². The van der Waals surface area contributed by atoms with Gasteiger partial charge >= 0.3 is 0 Å². The summed E-state index contributed by atoms with van der Waals surface area (Å²) in [5.74, 6) is -0.712. The topological polar surface area (TPSA) is 61.0 Å². The number of nitro benzene ring substituents is 1. The van der Waals surface area contributed by atoms with E-state index in [1.54, 1.807) is 0 Å². The molecule has 2 rings (SSSR count). The van der Waals surface area contributed by atoms with Crippen LogP contribution in [0.3, 0.4) is 0 Å². The van der Waals surface area contributed by atoms with Gasteiger partial charge in [0.15, 0.2) is 0 Å². The maximum Gasteiger partial charge on any atom is 0.294 e. The van der Waals surface area contributed by atoms with Gasteiger partial charge < -0.3 is 4.57 Å². The lowest BCUT2D eigenvalue weighted by molar-refractivity contribution is -0.384. The maximum atomic E-state index is 13.2. The number of rotatable bonds is 2. The largest absolute Gasteiger partial charge is 0.300 e. The molecule has 82 valence electrons. The van der Waals surface area contributed by atoms with E-state index < -0.39 is 10.7 Å². The van der Waals surface area contributed by atoms with E-state index in [0.29, 0.717) is 0 Å². The minimum Gasteiger partial charge on any atom is -0.300 e. The third-order valence-electron chi connectivity index (χ3n) is 2.00. The van der Waals surface area contributed by atoms with Crippen LogP contribution >= 0.6 is 11.6 Å². The Morgan fingerprint density at radius 2 is 2.25 bits per heavy atom. The first kappa shape index (κ1) is 10.6. The highest BCUT2D eigenvalue weighted by Gasteiger charge is 2.18. The molecule has 1 aromatic heterocycles. The van der Waals surface area contributed by atoms with Crippen LogP contribution in [0.4, 0.5) is 10.1 Å². The van der Waals surface area contributed by atoms with Crippen molar-refractivity contribution in [2.24, 2.45) is 0 Å². The second-order valence-corrected chi connectivity index (χ2v) is 3.39. The fourth-order valence-electron chi connectivity index (χ4n) is 1.28. The van der Waals surface area contributed by atoms with Crippen LogP contribution in [0.5, 0.6) is 0 Å². The van der Waals surface area contributed by atoms with Crippen LogP contribution in [-0.4, -0.2) is 14.5 Å². The lowest BCUT2D eigenvalue weighted by atomic mass is 10.2. The molecular weight excluding hydrogens is 237 g/mol. The summed E-state index contributed by atoms with van der Waals surface area (Å²) < 4.78 is 14.6. The zero-order valence-corrected chi connectivity index (χ0v) is 8.56. The molecule has 1 aromatic carbocycles. The van der Waals surface area contributed by atoms with E-state index >= 15 is 0 Å². The molecule has 0 aliphatic carbocycles. The van der Waals surface area contributed by atoms with Crippen molar-refractivity contribution in [1.29, 1.82) is 0 Å². The molecule has 0 saturated heterocycles. The summed E-state index contributed by atoms with van der Waals surface area (Å²) in [6.45, 7) is 0. The standard InChI is InChI=1S/C9H5ClFN3O2/c10-6-3-9(14(15)16)8(4-7(6)11)13-2-1-12-5-13/h1-5H. The van der Waals surface area contributed by atoms with Crippen molar-refractivity contribution in [3.63, 3.8) is 0 Å². The van der Waals surface area contributed by atoms with Crippen LogP contribution in [0.15, 0.2) is 30.9 Å². The molecule has 0 unspecified atom stereocenters. The van der Waals surface area contributed by atoms with Crippen molar-refractivity contribution >= 4 is 17.3 Å². The van der Waals surface area contributed by atoms with Crippen LogP contribution in [0, 0.1) is 15.9 Å². The normalized spacial score (nSPS) is 10.4. The molecular formula is C9H5ClFN3O2. The third-order valence-corrected chi connectivity index (χ3v) is 2.29. The number of aromatic nitrogens is 2. The first-order chi connectivity index (χ1) is 7.59. The first-order valence-electron chi connectivity index (χ1n) is 4.21. The molecule has 7 heteroatoms. The maximum absolute atomic E-state index is 13.2. The average Bonchev–Trinajstić information content (AvgIpc) is 2.74. The van der Waals surface area contributed by atoms with Gasteiger partial charge in [0.25, 0.3) is 5.69 Å². The van der Waals surface area contributed by atoms with Gasteiger partial charge in [0.05, 0.1) is 16.3 Å². The van der Waals surface area contributed by atoms with E-state index in [1.165, 1.54) is 23.3 Å². The van der Waals surface area contributed by atoms with Crippen molar-refractivity contribution in [1.82, 2.24) is 9.55 Å². The van der Waals surface area contributed by atoms with E-state index in [1.807, 2.05) is 0 Å². The predicted molar refractivity (Wildman–Crippen MR) is 55.2 cm³/mol. The van der Waals surface area contributed by atoms with Crippen LogP contribution in [0.2, 0.25) is 5.02 Å². The number of nitrogens with zero attached hydrogens (tertiary/aromatic N) is 3. The molecule has 16 heavy (non-hydrogen) atoms. The van der Waals surface area contributed by atoms with Crippen molar-refractivity contribution in [3.05, 3.63) is 51.8 Å². The molecule has 0 radical (unpaired) electrons. The van der Waals surface area contributed by atoms with Gasteiger partial charge in [-0.05, 0) is 0 Å². The van der Waals surface area contributed by atoms with Gasteiger partial charge in [-0.2, -0.15) is 0 Å². The van der Waals surface area contributed by atoms with E-state index in [0.717, 1.165) is 12.1 Å². The number of imidazole rings is 1. The third kappa shape index (κ3) is 1.74. The molecule has 5 nitrogen and oxygen atoms in total. The number of hydrogen-bond donors (Lipinski definition) is 0. The fraction of sp³-hybridized carbons (Fsp3) is 0. The first-order valence-corrected chi connectivity index (χ1v) is 4.59. The molecule has 1 heterocycles. The quantitative estimate of drug-likeness (QED) is 0.600. The summed E-state index contributed by atoms with van der Waals surface area (Å²) in [6.07, 6.45) is 4.27. The monoisotopic (exact) mass is 241 g/mol. The zero-order valence-electron chi connectivity index (χ0n) is 7.80. The van der Waals surface area contributed by atoms with Gasteiger partial charge in [-0.1, -0.05) is 11.6 Å². The Balaban J connectivity index is 2.68. The molecule has 0 N–H and O–H groups in total. The molecule has 0 aliphatic rings. The van der Waals surface area contributed by atoms with Crippen LogP contribution in [0.25, 0.3) is 5.69 Å². The Kier molecular flexibility index (Phi) is 2.57. The predicted octanol–water partition coefficient (Wildman–Crippen LogP) is 2.57.